The van der Waals surface area contributed by atoms with Crippen LogP contribution in [0.3, 0.4) is 0 Å². The van der Waals surface area contributed by atoms with Crippen LogP contribution in [0.15, 0.2) is 48.8 Å². The lowest BCUT2D eigenvalue weighted by molar-refractivity contribution is -0.137. The van der Waals surface area contributed by atoms with Crippen molar-refractivity contribution < 1.29 is 18.0 Å². The molecule has 0 bridgehead atoms. The summed E-state index contributed by atoms with van der Waals surface area (Å²) in [7, 11) is 0. The zero-order valence-electron chi connectivity index (χ0n) is 14.3. The first-order valence-corrected chi connectivity index (χ1v) is 8.57. The number of amides is 1. The summed E-state index contributed by atoms with van der Waals surface area (Å²) in [5.41, 5.74) is 0.705. The molecule has 0 radical (unpaired) electrons. The van der Waals surface area contributed by atoms with E-state index in [9.17, 15) is 18.0 Å². The second-order valence-corrected chi connectivity index (χ2v) is 6.56. The summed E-state index contributed by atoms with van der Waals surface area (Å²) in [4.78, 5) is 21.5. The van der Waals surface area contributed by atoms with Crippen molar-refractivity contribution in [1.82, 2.24) is 15.3 Å². The SMILES string of the molecule is O=C(NC1CCN(c2ccc(C(F)(F)F)cn2)C1)c1c[nH]c2ccccc12. The topological polar surface area (TPSA) is 61.0 Å². The van der Waals surface area contributed by atoms with E-state index in [0.717, 1.165) is 23.2 Å². The molecule has 1 aliphatic rings. The number of nitrogens with zero attached hydrogens (tertiary/aromatic N) is 2. The van der Waals surface area contributed by atoms with Crippen LogP contribution in [-0.4, -0.2) is 35.0 Å². The second-order valence-electron chi connectivity index (χ2n) is 6.56. The van der Waals surface area contributed by atoms with E-state index < -0.39 is 11.7 Å². The van der Waals surface area contributed by atoms with Crippen LogP contribution in [0.25, 0.3) is 10.9 Å². The standard InChI is InChI=1S/C19H17F3N4O/c20-19(21,22)12-5-6-17(24-9-12)26-8-7-13(11-26)25-18(27)15-10-23-16-4-2-1-3-14(15)16/h1-6,9-10,13,23H,7-8,11H2,(H,25,27). The van der Waals surface area contributed by atoms with Crippen LogP contribution in [0.5, 0.6) is 0 Å². The lowest BCUT2D eigenvalue weighted by Gasteiger charge is -2.18. The molecule has 3 heterocycles. The molecule has 1 aliphatic heterocycles. The minimum atomic E-state index is -4.40. The Morgan fingerprint density at radius 2 is 2.04 bits per heavy atom. The number of para-hydroxylation sites is 1. The zero-order valence-corrected chi connectivity index (χ0v) is 14.3. The summed E-state index contributed by atoms with van der Waals surface area (Å²) >= 11 is 0. The van der Waals surface area contributed by atoms with Crippen LogP contribution < -0.4 is 10.2 Å². The molecule has 8 heteroatoms. The van der Waals surface area contributed by atoms with Gasteiger partial charge in [-0.05, 0) is 24.6 Å². The summed E-state index contributed by atoms with van der Waals surface area (Å²) in [5.74, 6) is 0.312. The number of carbonyl (C=O) groups excluding carboxylic acids is 1. The van der Waals surface area contributed by atoms with Crippen LogP contribution in [0, 0.1) is 0 Å². The van der Waals surface area contributed by atoms with E-state index in [4.69, 9.17) is 0 Å². The first kappa shape index (κ1) is 17.4. The Morgan fingerprint density at radius 3 is 2.78 bits per heavy atom. The van der Waals surface area contributed by atoms with Crippen molar-refractivity contribution in [2.24, 2.45) is 0 Å². The zero-order chi connectivity index (χ0) is 19.0. The first-order valence-electron chi connectivity index (χ1n) is 8.57. The molecular formula is C19H17F3N4O. The molecule has 2 N–H and O–H groups in total. The van der Waals surface area contributed by atoms with Gasteiger partial charge in [0.05, 0.1) is 11.1 Å². The number of fused-ring (bicyclic) bond motifs is 1. The molecule has 0 spiro atoms. The highest BCUT2D eigenvalue weighted by Crippen LogP contribution is 2.30. The van der Waals surface area contributed by atoms with Crippen LogP contribution in [-0.2, 0) is 6.18 Å². The molecule has 1 amide bonds. The average molecular weight is 374 g/mol. The number of hydrogen-bond donors (Lipinski definition) is 2. The summed E-state index contributed by atoms with van der Waals surface area (Å²) in [6.07, 6.45) is -1.17. The number of pyridine rings is 1. The van der Waals surface area contributed by atoms with Gasteiger partial charge < -0.3 is 15.2 Å². The maximum absolute atomic E-state index is 12.6. The molecule has 0 aliphatic carbocycles. The van der Waals surface area contributed by atoms with Crippen molar-refractivity contribution in [3.8, 4) is 0 Å². The Morgan fingerprint density at radius 1 is 1.22 bits per heavy atom. The molecule has 4 rings (SSSR count). The Kier molecular flexibility index (Phi) is 4.25. The molecule has 0 saturated carbocycles. The largest absolute Gasteiger partial charge is 0.417 e. The van der Waals surface area contributed by atoms with Crippen molar-refractivity contribution in [3.63, 3.8) is 0 Å². The summed E-state index contributed by atoms with van der Waals surface area (Å²) in [5, 5.41) is 3.86. The average Bonchev–Trinajstić information content (AvgIpc) is 3.28. The number of alkyl halides is 3. The van der Waals surface area contributed by atoms with Gasteiger partial charge >= 0.3 is 6.18 Å². The third-order valence-corrected chi connectivity index (χ3v) is 4.76. The van der Waals surface area contributed by atoms with E-state index in [0.29, 0.717) is 30.9 Å². The van der Waals surface area contributed by atoms with E-state index in [1.807, 2.05) is 29.2 Å². The van der Waals surface area contributed by atoms with Crippen molar-refractivity contribution in [2.75, 3.05) is 18.0 Å². The summed E-state index contributed by atoms with van der Waals surface area (Å²) in [6, 6.07) is 9.86. The van der Waals surface area contributed by atoms with Crippen LogP contribution in [0.2, 0.25) is 0 Å². The normalized spacial score (nSPS) is 17.4. The van der Waals surface area contributed by atoms with Gasteiger partial charge in [-0.2, -0.15) is 13.2 Å². The quantitative estimate of drug-likeness (QED) is 0.737. The van der Waals surface area contributed by atoms with E-state index in [1.165, 1.54) is 6.07 Å². The highest BCUT2D eigenvalue weighted by molar-refractivity contribution is 6.06. The van der Waals surface area contributed by atoms with Gasteiger partial charge in [-0.1, -0.05) is 18.2 Å². The van der Waals surface area contributed by atoms with Gasteiger partial charge in [0.1, 0.15) is 5.82 Å². The Bertz CT molecular complexity index is 965. The van der Waals surface area contributed by atoms with Crippen molar-refractivity contribution in [3.05, 3.63) is 59.9 Å². The molecule has 140 valence electrons. The van der Waals surface area contributed by atoms with E-state index >= 15 is 0 Å². The predicted molar refractivity (Wildman–Crippen MR) is 95.6 cm³/mol. The smallest absolute Gasteiger partial charge is 0.360 e. The number of aromatic amines is 1. The second kappa shape index (κ2) is 6.61. The maximum Gasteiger partial charge on any atom is 0.417 e. The molecule has 1 unspecified atom stereocenters. The molecule has 1 saturated heterocycles. The highest BCUT2D eigenvalue weighted by atomic mass is 19.4. The number of carbonyl (C=O) groups is 1. The van der Waals surface area contributed by atoms with Crippen LogP contribution in [0.1, 0.15) is 22.3 Å². The molecular weight excluding hydrogens is 357 g/mol. The lowest BCUT2D eigenvalue weighted by atomic mass is 10.1. The van der Waals surface area contributed by atoms with Crippen LogP contribution >= 0.6 is 0 Å². The fourth-order valence-electron chi connectivity index (χ4n) is 3.35. The Balaban J connectivity index is 1.42. The van der Waals surface area contributed by atoms with Gasteiger partial charge in [0.2, 0.25) is 0 Å². The number of aromatic nitrogens is 2. The fourth-order valence-corrected chi connectivity index (χ4v) is 3.35. The van der Waals surface area contributed by atoms with E-state index in [2.05, 4.69) is 15.3 Å². The summed E-state index contributed by atoms with van der Waals surface area (Å²) in [6.45, 7) is 1.13. The van der Waals surface area contributed by atoms with Gasteiger partial charge in [0.25, 0.3) is 5.91 Å². The number of rotatable bonds is 3. The highest BCUT2D eigenvalue weighted by Gasteiger charge is 2.31. The number of nitrogens with one attached hydrogen (secondary N) is 2. The number of anilines is 1. The number of H-pyrrole nitrogens is 1. The number of hydrogen-bond acceptors (Lipinski definition) is 3. The molecule has 5 nitrogen and oxygen atoms in total. The molecule has 1 atom stereocenters. The van der Waals surface area contributed by atoms with Gasteiger partial charge in [-0.25, -0.2) is 4.98 Å². The monoisotopic (exact) mass is 374 g/mol. The fraction of sp³-hybridized carbons (Fsp3) is 0.263. The maximum atomic E-state index is 12.6. The molecule has 3 aromatic rings. The Hall–Kier alpha value is -3.03. The van der Waals surface area contributed by atoms with Crippen molar-refractivity contribution in [2.45, 2.75) is 18.6 Å². The Labute approximate surface area is 153 Å². The van der Waals surface area contributed by atoms with Gasteiger partial charge in [-0.15, -0.1) is 0 Å². The minimum absolute atomic E-state index is 0.0877. The van der Waals surface area contributed by atoms with Crippen molar-refractivity contribution in [1.29, 1.82) is 0 Å². The van der Waals surface area contributed by atoms with Crippen LogP contribution in [0.4, 0.5) is 19.0 Å². The molecule has 1 aromatic carbocycles. The first-order chi connectivity index (χ1) is 12.9. The van der Waals surface area contributed by atoms with Crippen molar-refractivity contribution >= 4 is 22.6 Å². The number of benzene rings is 1. The van der Waals surface area contributed by atoms with Gasteiger partial charge in [0.15, 0.2) is 0 Å². The minimum Gasteiger partial charge on any atom is -0.360 e. The van der Waals surface area contributed by atoms with E-state index in [-0.39, 0.29) is 11.9 Å². The lowest BCUT2D eigenvalue weighted by Crippen LogP contribution is -2.37. The molecule has 2 aromatic heterocycles. The third-order valence-electron chi connectivity index (χ3n) is 4.76. The van der Waals surface area contributed by atoms with Gasteiger partial charge in [0, 0.05) is 42.4 Å². The molecule has 27 heavy (non-hydrogen) atoms. The van der Waals surface area contributed by atoms with E-state index in [1.54, 1.807) is 6.20 Å². The molecule has 1 fully saturated rings. The predicted octanol–water partition coefficient (Wildman–Crippen LogP) is 3.59. The number of halogens is 3. The summed E-state index contributed by atoms with van der Waals surface area (Å²) < 4.78 is 37.9. The van der Waals surface area contributed by atoms with Gasteiger partial charge in [-0.3, -0.25) is 4.79 Å². The third kappa shape index (κ3) is 3.47.